The number of aromatic carboxylic acids is 3. The van der Waals surface area contributed by atoms with Crippen molar-refractivity contribution in [1.82, 2.24) is 0 Å². The molecule has 1 aromatic rings. The monoisotopic (exact) mass is 513 g/mol. The topological polar surface area (TPSA) is 241 Å². The molecule has 1 rings (SSSR count). The summed E-state index contributed by atoms with van der Waals surface area (Å²) in [5.74, 6) is -3.56. The van der Waals surface area contributed by atoms with Crippen molar-refractivity contribution in [3.63, 3.8) is 0 Å². The maximum Gasteiger partial charge on any atom is 0.335 e. The smallest absolute Gasteiger partial charge is 0.335 e. The highest BCUT2D eigenvalue weighted by Gasteiger charge is 2.14. The number of amides is 3. The summed E-state index contributed by atoms with van der Waals surface area (Å²) in [5.41, 5.74) is 13.5. The summed E-state index contributed by atoms with van der Waals surface area (Å²) in [4.78, 5) is 61.8. The van der Waals surface area contributed by atoms with E-state index in [4.69, 9.17) is 32.5 Å². The van der Waals surface area contributed by atoms with E-state index in [0.717, 1.165) is 18.2 Å². The molecule has 0 heterocycles. The van der Waals surface area contributed by atoms with E-state index < -0.39 is 17.9 Å². The molecule has 0 radical (unpaired) electrons. The van der Waals surface area contributed by atoms with E-state index in [9.17, 15) is 28.8 Å². The maximum atomic E-state index is 10.6. The Kier molecular flexibility index (Phi) is 19.7. The highest BCUT2D eigenvalue weighted by Crippen LogP contribution is 2.11. The van der Waals surface area contributed by atoms with E-state index in [1.165, 1.54) is 0 Å². The van der Waals surface area contributed by atoms with Gasteiger partial charge in [0.1, 0.15) is 0 Å². The first kappa shape index (κ1) is 36.6. The third-order valence-corrected chi connectivity index (χ3v) is 3.50. The molecule has 0 saturated carbocycles. The van der Waals surface area contributed by atoms with E-state index in [0.29, 0.717) is 37.0 Å². The number of carbonyl (C=O) groups excluding carboxylic acids is 3. The van der Waals surface area contributed by atoms with Crippen molar-refractivity contribution in [2.45, 2.75) is 60.8 Å². The molecule has 0 spiro atoms. The number of carbonyl (C=O) groups is 6. The van der Waals surface area contributed by atoms with Gasteiger partial charge in [-0.3, -0.25) is 14.4 Å². The normalized spacial score (nSPS) is 9.58. The molecule has 0 aliphatic rings. The Labute approximate surface area is 210 Å². The predicted molar refractivity (Wildman–Crippen MR) is 133 cm³/mol. The zero-order valence-corrected chi connectivity index (χ0v) is 21.6. The molecule has 0 fully saturated rings. The van der Waals surface area contributed by atoms with Gasteiger partial charge >= 0.3 is 17.9 Å². The average Bonchev–Trinajstić information content (AvgIpc) is 2.65. The summed E-state index contributed by atoms with van der Waals surface area (Å²) in [7, 11) is 0. The minimum absolute atomic E-state index is 0.213. The number of nitrogens with two attached hydrogens (primary N) is 3. The van der Waals surface area contributed by atoms with Crippen LogP contribution in [0.5, 0.6) is 0 Å². The first-order chi connectivity index (χ1) is 16.3. The Morgan fingerprint density at radius 2 is 0.694 bits per heavy atom. The van der Waals surface area contributed by atoms with Crippen LogP contribution in [-0.4, -0.2) is 50.9 Å². The van der Waals surface area contributed by atoms with Crippen molar-refractivity contribution in [2.75, 3.05) is 0 Å². The van der Waals surface area contributed by atoms with Gasteiger partial charge in [0.15, 0.2) is 0 Å². The second kappa shape index (κ2) is 19.4. The van der Waals surface area contributed by atoms with Crippen molar-refractivity contribution in [2.24, 2.45) is 35.0 Å². The second-order valence-corrected chi connectivity index (χ2v) is 8.91. The third kappa shape index (κ3) is 24.7. The molecule has 0 unspecified atom stereocenters. The third-order valence-electron chi connectivity index (χ3n) is 3.50. The van der Waals surface area contributed by atoms with E-state index in [1.807, 2.05) is 41.5 Å². The van der Waals surface area contributed by atoms with Crippen LogP contribution in [0.15, 0.2) is 18.2 Å². The first-order valence-electron chi connectivity index (χ1n) is 11.0. The summed E-state index contributed by atoms with van der Waals surface area (Å²) in [5, 5.41) is 25.8. The lowest BCUT2D eigenvalue weighted by atomic mass is 10.1. The lowest BCUT2D eigenvalue weighted by Crippen LogP contribution is -2.12. The average molecular weight is 514 g/mol. The zero-order chi connectivity index (χ0) is 29.2. The number of carboxylic acids is 3. The SMILES string of the molecule is CC(C)CC(N)=O.CC(C)CC(N)=O.CC(C)CC(N)=O.O=C(O)c1cc(C(=O)O)cc(C(=O)O)c1. The quantitative estimate of drug-likeness (QED) is 0.283. The maximum absolute atomic E-state index is 10.6. The van der Waals surface area contributed by atoms with Gasteiger partial charge in [-0.05, 0) is 36.0 Å². The predicted octanol–water partition coefficient (Wildman–Crippen LogP) is 2.33. The second-order valence-electron chi connectivity index (χ2n) is 8.91. The summed E-state index contributed by atoms with van der Waals surface area (Å²) in [6.45, 7) is 11.8. The molecule has 36 heavy (non-hydrogen) atoms. The molecule has 0 aromatic heterocycles. The molecule has 204 valence electrons. The van der Waals surface area contributed by atoms with Gasteiger partial charge < -0.3 is 32.5 Å². The van der Waals surface area contributed by atoms with Crippen LogP contribution in [0.25, 0.3) is 0 Å². The largest absolute Gasteiger partial charge is 0.478 e. The van der Waals surface area contributed by atoms with Gasteiger partial charge in [0.2, 0.25) is 17.7 Å². The molecule has 12 nitrogen and oxygen atoms in total. The molecule has 3 amide bonds. The molecular weight excluding hydrogens is 474 g/mol. The fraction of sp³-hybridized carbons (Fsp3) is 0.500. The van der Waals surface area contributed by atoms with Crippen LogP contribution in [0.2, 0.25) is 0 Å². The van der Waals surface area contributed by atoms with Crippen LogP contribution >= 0.6 is 0 Å². The van der Waals surface area contributed by atoms with Gasteiger partial charge in [-0.2, -0.15) is 0 Å². The van der Waals surface area contributed by atoms with Crippen LogP contribution in [0.4, 0.5) is 0 Å². The Morgan fingerprint density at radius 1 is 0.528 bits per heavy atom. The minimum atomic E-state index is -1.37. The number of benzene rings is 1. The molecular formula is C24H39N3O9. The summed E-state index contributed by atoms with van der Waals surface area (Å²) in [6, 6.07) is 2.70. The Hall–Kier alpha value is -3.96. The number of primary amides is 3. The van der Waals surface area contributed by atoms with Crippen LogP contribution in [-0.2, 0) is 14.4 Å². The highest BCUT2D eigenvalue weighted by atomic mass is 16.4. The fourth-order valence-corrected chi connectivity index (χ4v) is 2.21. The van der Waals surface area contributed by atoms with Crippen LogP contribution in [0, 0.1) is 17.8 Å². The van der Waals surface area contributed by atoms with Crippen molar-refractivity contribution in [1.29, 1.82) is 0 Å². The Balaban J connectivity index is -0.000000441. The van der Waals surface area contributed by atoms with E-state index >= 15 is 0 Å². The first-order valence-corrected chi connectivity index (χ1v) is 11.0. The van der Waals surface area contributed by atoms with Gasteiger partial charge in [0, 0.05) is 19.3 Å². The van der Waals surface area contributed by atoms with Gasteiger partial charge in [-0.1, -0.05) is 41.5 Å². The Bertz CT molecular complexity index is 768. The molecule has 0 bridgehead atoms. The summed E-state index contributed by atoms with van der Waals surface area (Å²) in [6.07, 6.45) is 1.50. The zero-order valence-electron chi connectivity index (χ0n) is 21.6. The van der Waals surface area contributed by atoms with E-state index in [1.54, 1.807) is 0 Å². The molecule has 1 aromatic carbocycles. The van der Waals surface area contributed by atoms with Crippen molar-refractivity contribution < 1.29 is 44.1 Å². The van der Waals surface area contributed by atoms with Gasteiger partial charge in [-0.15, -0.1) is 0 Å². The number of rotatable bonds is 9. The van der Waals surface area contributed by atoms with Crippen LogP contribution in [0.3, 0.4) is 0 Å². The fourth-order valence-electron chi connectivity index (χ4n) is 2.21. The lowest BCUT2D eigenvalue weighted by molar-refractivity contribution is -0.119. The van der Waals surface area contributed by atoms with E-state index in [2.05, 4.69) is 0 Å². The van der Waals surface area contributed by atoms with Gasteiger partial charge in [0.05, 0.1) is 16.7 Å². The minimum Gasteiger partial charge on any atom is -0.478 e. The summed E-state index contributed by atoms with van der Waals surface area (Å²) >= 11 is 0. The van der Waals surface area contributed by atoms with Gasteiger partial charge in [-0.25, -0.2) is 14.4 Å². The Morgan fingerprint density at radius 3 is 0.750 bits per heavy atom. The van der Waals surface area contributed by atoms with Gasteiger partial charge in [0.25, 0.3) is 0 Å². The number of carboxylic acid groups (broad SMARTS) is 3. The molecule has 0 saturated heterocycles. The number of hydrogen-bond acceptors (Lipinski definition) is 6. The molecule has 0 aliphatic heterocycles. The number of hydrogen-bond donors (Lipinski definition) is 6. The molecule has 0 aliphatic carbocycles. The van der Waals surface area contributed by atoms with Crippen molar-refractivity contribution >= 4 is 35.6 Å². The molecule has 9 N–H and O–H groups in total. The molecule has 0 atom stereocenters. The van der Waals surface area contributed by atoms with Crippen LogP contribution in [0.1, 0.15) is 91.9 Å². The lowest BCUT2D eigenvalue weighted by Gasteiger charge is -2.00. The van der Waals surface area contributed by atoms with Crippen molar-refractivity contribution in [3.05, 3.63) is 34.9 Å². The standard InChI is InChI=1S/C9H6O6.3C5H11NO/c10-7(11)4-1-5(8(12)13)3-6(2-4)9(14)15;3*1-4(2)3-5(6)7/h1-3H,(H,10,11)(H,12,13)(H,14,15);3*4H,3H2,1-2H3,(H2,6,7). The van der Waals surface area contributed by atoms with Crippen LogP contribution < -0.4 is 17.2 Å². The highest BCUT2D eigenvalue weighted by molar-refractivity contribution is 5.98. The van der Waals surface area contributed by atoms with Crippen molar-refractivity contribution in [3.8, 4) is 0 Å². The van der Waals surface area contributed by atoms with E-state index in [-0.39, 0.29) is 34.4 Å². The molecule has 12 heteroatoms. The summed E-state index contributed by atoms with van der Waals surface area (Å²) < 4.78 is 0.